The first kappa shape index (κ1) is 23.6. The summed E-state index contributed by atoms with van der Waals surface area (Å²) in [6.45, 7) is 7.39. The summed E-state index contributed by atoms with van der Waals surface area (Å²) < 4.78 is 27.8. The zero-order valence-corrected chi connectivity index (χ0v) is 19.3. The second kappa shape index (κ2) is 10.1. The van der Waals surface area contributed by atoms with Gasteiger partial charge in [0.15, 0.2) is 23.7 Å². The van der Waals surface area contributed by atoms with Crippen molar-refractivity contribution in [3.63, 3.8) is 0 Å². The number of hydrogen-bond donors (Lipinski definition) is 0. The lowest BCUT2D eigenvalue weighted by molar-refractivity contribution is -0.186. The first-order valence-corrected chi connectivity index (χ1v) is 11.0. The Bertz CT molecular complexity index is 984. The number of hydrogen-bond acceptors (Lipinski definition) is 10. The Morgan fingerprint density at radius 2 is 1.59 bits per heavy atom. The van der Waals surface area contributed by atoms with Crippen LogP contribution in [-0.4, -0.2) is 52.6 Å². The van der Waals surface area contributed by atoms with Gasteiger partial charge < -0.3 is 23.5 Å². The summed E-state index contributed by atoms with van der Waals surface area (Å²) in [5, 5.41) is 4.01. The topological polar surface area (TPSA) is 114 Å². The maximum Gasteiger partial charge on any atom is 0.303 e. The highest BCUT2D eigenvalue weighted by Crippen LogP contribution is 2.39. The van der Waals surface area contributed by atoms with Crippen molar-refractivity contribution in [2.24, 2.45) is 0 Å². The molecular formula is C22H25NO8S. The lowest BCUT2D eigenvalue weighted by atomic mass is 10.0. The zero-order chi connectivity index (χ0) is 23.4. The highest BCUT2D eigenvalue weighted by Gasteiger charge is 2.47. The molecule has 0 amide bonds. The number of benzene rings is 1. The number of ether oxygens (including phenoxy) is 4. The Morgan fingerprint density at radius 3 is 2.19 bits per heavy atom. The first-order chi connectivity index (χ1) is 15.2. The molecule has 1 saturated heterocycles. The van der Waals surface area contributed by atoms with Gasteiger partial charge in [0.2, 0.25) is 0 Å². The van der Waals surface area contributed by atoms with Gasteiger partial charge in [-0.15, -0.1) is 11.8 Å². The third kappa shape index (κ3) is 5.42. The minimum Gasteiger partial charge on any atom is -0.475 e. The van der Waals surface area contributed by atoms with Gasteiger partial charge in [0.05, 0.1) is 11.3 Å². The molecule has 0 N–H and O–H groups in total. The normalized spacial score (nSPS) is 22.7. The van der Waals surface area contributed by atoms with Crippen LogP contribution in [0.25, 0.3) is 11.1 Å². The van der Waals surface area contributed by atoms with Crippen molar-refractivity contribution in [2.45, 2.75) is 58.4 Å². The van der Waals surface area contributed by atoms with Crippen molar-refractivity contribution in [2.75, 3.05) is 5.75 Å². The van der Waals surface area contributed by atoms with Gasteiger partial charge in [-0.1, -0.05) is 23.4 Å². The molecule has 1 aliphatic rings. The van der Waals surface area contributed by atoms with Crippen LogP contribution in [0, 0.1) is 13.8 Å². The fourth-order valence-corrected chi connectivity index (χ4v) is 4.79. The van der Waals surface area contributed by atoms with E-state index in [2.05, 4.69) is 5.16 Å². The second-order valence-corrected chi connectivity index (χ2v) is 8.44. The zero-order valence-electron chi connectivity index (χ0n) is 18.4. The maximum atomic E-state index is 11.9. The fourth-order valence-electron chi connectivity index (χ4n) is 3.58. The van der Waals surface area contributed by atoms with E-state index in [1.807, 2.05) is 32.0 Å². The van der Waals surface area contributed by atoms with E-state index in [4.69, 9.17) is 23.5 Å². The minimum absolute atomic E-state index is 0.285. The predicted molar refractivity (Wildman–Crippen MR) is 115 cm³/mol. The lowest BCUT2D eigenvalue weighted by Gasteiger charge is -2.40. The van der Waals surface area contributed by atoms with Gasteiger partial charge in [0.25, 0.3) is 0 Å². The Kier molecular flexibility index (Phi) is 7.44. The van der Waals surface area contributed by atoms with Gasteiger partial charge in [0.1, 0.15) is 11.5 Å². The first-order valence-electron chi connectivity index (χ1n) is 9.99. The van der Waals surface area contributed by atoms with Gasteiger partial charge in [0, 0.05) is 32.1 Å². The second-order valence-electron chi connectivity index (χ2n) is 7.31. The van der Waals surface area contributed by atoms with Crippen molar-refractivity contribution in [1.29, 1.82) is 0 Å². The van der Waals surface area contributed by atoms with Crippen LogP contribution in [0.3, 0.4) is 0 Å². The summed E-state index contributed by atoms with van der Waals surface area (Å²) in [6.07, 6.45) is -2.81. The monoisotopic (exact) mass is 463 g/mol. The highest BCUT2D eigenvalue weighted by molar-refractivity contribution is 7.99. The smallest absolute Gasteiger partial charge is 0.303 e. The van der Waals surface area contributed by atoms with Crippen LogP contribution in [0.4, 0.5) is 0 Å². The van der Waals surface area contributed by atoms with E-state index in [9.17, 15) is 14.4 Å². The number of para-hydroxylation sites is 1. The SMILES string of the molecule is CC(=O)O[C@@H]1[C@@H](OC(C)=O)[C@@H](Oc2ccccc2-c2c(C)noc2C)SC[C@H]1OC(C)=O. The number of carbonyl (C=O) groups is 3. The van der Waals surface area contributed by atoms with Crippen molar-refractivity contribution in [1.82, 2.24) is 5.16 Å². The summed E-state index contributed by atoms with van der Waals surface area (Å²) in [4.78, 5) is 35.2. The van der Waals surface area contributed by atoms with E-state index in [0.29, 0.717) is 17.2 Å². The maximum absolute atomic E-state index is 11.9. The highest BCUT2D eigenvalue weighted by atomic mass is 32.2. The predicted octanol–water partition coefficient (Wildman–Crippen LogP) is 3.21. The summed E-state index contributed by atoms with van der Waals surface area (Å²) >= 11 is 1.30. The fraction of sp³-hybridized carbons (Fsp3) is 0.455. The molecule has 10 heteroatoms. The minimum atomic E-state index is -1.02. The van der Waals surface area contributed by atoms with Crippen molar-refractivity contribution >= 4 is 29.7 Å². The Labute approximate surface area is 189 Å². The molecule has 1 aromatic heterocycles. The van der Waals surface area contributed by atoms with Gasteiger partial charge in [-0.25, -0.2) is 0 Å². The van der Waals surface area contributed by atoms with Crippen LogP contribution in [0.1, 0.15) is 32.2 Å². The molecule has 9 nitrogen and oxygen atoms in total. The average molecular weight is 464 g/mol. The van der Waals surface area contributed by atoms with Crippen LogP contribution >= 0.6 is 11.8 Å². The summed E-state index contributed by atoms with van der Waals surface area (Å²) in [5.41, 5.74) is 1.55. The van der Waals surface area contributed by atoms with Crippen molar-refractivity contribution in [3.05, 3.63) is 35.7 Å². The number of carbonyl (C=O) groups excluding carboxylic acids is 3. The molecule has 2 heterocycles. The molecule has 2 aromatic rings. The van der Waals surface area contributed by atoms with E-state index in [1.54, 1.807) is 6.07 Å². The summed E-state index contributed by atoms with van der Waals surface area (Å²) in [7, 11) is 0. The quantitative estimate of drug-likeness (QED) is 0.467. The number of rotatable bonds is 6. The number of nitrogens with zero attached hydrogens (tertiary/aromatic N) is 1. The number of thioether (sulfide) groups is 1. The molecule has 0 saturated carbocycles. The Hall–Kier alpha value is -3.01. The van der Waals surface area contributed by atoms with Crippen LogP contribution < -0.4 is 4.74 Å². The van der Waals surface area contributed by atoms with E-state index in [-0.39, 0.29) is 5.75 Å². The third-order valence-electron chi connectivity index (χ3n) is 4.74. The van der Waals surface area contributed by atoms with E-state index in [0.717, 1.165) is 11.1 Å². The van der Waals surface area contributed by atoms with Crippen LogP contribution in [0.2, 0.25) is 0 Å². The molecule has 3 rings (SSSR count). The summed E-state index contributed by atoms with van der Waals surface area (Å²) in [5.74, 6) is -0.261. The van der Waals surface area contributed by atoms with E-state index in [1.165, 1.54) is 32.5 Å². The van der Waals surface area contributed by atoms with Crippen LogP contribution in [0.15, 0.2) is 28.8 Å². The van der Waals surface area contributed by atoms with Gasteiger partial charge >= 0.3 is 17.9 Å². The standard InChI is InChI=1S/C22H25NO8S/c1-11-19(12(2)31-23-11)16-8-6-7-9-17(16)30-22-21(29-15(5)26)20(28-14(4)25)18(10-32-22)27-13(3)24/h6-9,18,20-22H,10H2,1-5H3/t18-,20+,21-,22+/m1/s1. The molecule has 172 valence electrons. The van der Waals surface area contributed by atoms with Gasteiger partial charge in [-0.2, -0.15) is 0 Å². The molecule has 0 unspecified atom stereocenters. The molecule has 0 spiro atoms. The lowest BCUT2D eigenvalue weighted by Crippen LogP contribution is -2.55. The van der Waals surface area contributed by atoms with E-state index < -0.39 is 41.7 Å². The van der Waals surface area contributed by atoms with Crippen LogP contribution in [0.5, 0.6) is 5.75 Å². The number of esters is 3. The molecular weight excluding hydrogens is 438 g/mol. The number of aromatic nitrogens is 1. The van der Waals surface area contributed by atoms with Crippen molar-refractivity contribution in [3.8, 4) is 16.9 Å². The molecule has 1 aromatic carbocycles. The molecule has 4 atom stereocenters. The average Bonchev–Trinajstić information content (AvgIpc) is 3.04. The largest absolute Gasteiger partial charge is 0.475 e. The molecule has 0 radical (unpaired) electrons. The third-order valence-corrected chi connectivity index (χ3v) is 5.95. The van der Waals surface area contributed by atoms with E-state index >= 15 is 0 Å². The Morgan fingerprint density at radius 1 is 0.969 bits per heavy atom. The van der Waals surface area contributed by atoms with Gasteiger partial charge in [-0.3, -0.25) is 14.4 Å². The molecule has 0 bridgehead atoms. The molecule has 0 aliphatic carbocycles. The van der Waals surface area contributed by atoms with Crippen molar-refractivity contribution < 1.29 is 37.9 Å². The van der Waals surface area contributed by atoms with Crippen LogP contribution in [-0.2, 0) is 28.6 Å². The Balaban J connectivity index is 1.96. The molecule has 1 fully saturated rings. The molecule has 32 heavy (non-hydrogen) atoms. The molecule has 1 aliphatic heterocycles. The number of aryl methyl sites for hydroxylation is 2. The summed E-state index contributed by atoms with van der Waals surface area (Å²) in [6, 6.07) is 7.34. The van der Waals surface area contributed by atoms with Gasteiger partial charge in [-0.05, 0) is 19.9 Å².